The van der Waals surface area contributed by atoms with Gasteiger partial charge in [-0.1, -0.05) is 75.4 Å². The molecule has 0 radical (unpaired) electrons. The van der Waals surface area contributed by atoms with E-state index >= 15 is 0 Å². The maximum Gasteiger partial charge on any atom is 0.258 e. The van der Waals surface area contributed by atoms with E-state index in [4.69, 9.17) is 0 Å². The first-order valence-electron chi connectivity index (χ1n) is 13.2. The topological polar surface area (TPSA) is 48.1 Å². The lowest BCUT2D eigenvalue weighted by atomic mass is 9.66. The van der Waals surface area contributed by atoms with Crippen molar-refractivity contribution in [3.63, 3.8) is 0 Å². The zero-order valence-corrected chi connectivity index (χ0v) is 20.7. The number of hydrogen-bond donors (Lipinski definition) is 2. The molecule has 1 aliphatic carbocycles. The van der Waals surface area contributed by atoms with E-state index in [9.17, 15) is 4.79 Å². The normalized spacial score (nSPS) is 26.7. The third-order valence-electron chi connectivity index (χ3n) is 9.37. The Labute approximate surface area is 202 Å². The van der Waals surface area contributed by atoms with Gasteiger partial charge in [0.2, 0.25) is 0 Å². The molecule has 0 unspecified atom stereocenters. The molecule has 1 atom stereocenters. The van der Waals surface area contributed by atoms with Gasteiger partial charge >= 0.3 is 0 Å². The molecule has 4 heteroatoms. The summed E-state index contributed by atoms with van der Waals surface area (Å²) in [7, 11) is 0. The summed E-state index contributed by atoms with van der Waals surface area (Å²) in [5, 5.41) is 5.07. The van der Waals surface area contributed by atoms with Crippen LogP contribution in [-0.2, 0) is 22.2 Å². The number of benzene rings is 2. The van der Waals surface area contributed by atoms with Crippen molar-refractivity contribution in [2.75, 3.05) is 11.4 Å². The van der Waals surface area contributed by atoms with Gasteiger partial charge in [0.15, 0.2) is 5.54 Å². The number of aromatic amines is 1. The number of amides is 1. The predicted molar refractivity (Wildman–Crippen MR) is 138 cm³/mol. The third kappa shape index (κ3) is 2.45. The van der Waals surface area contributed by atoms with Crippen molar-refractivity contribution in [1.82, 2.24) is 10.3 Å². The van der Waals surface area contributed by atoms with E-state index in [0.29, 0.717) is 0 Å². The van der Waals surface area contributed by atoms with Crippen LogP contribution in [-0.4, -0.2) is 23.0 Å². The Morgan fingerprint density at radius 2 is 1.71 bits per heavy atom. The SMILES string of the molecule is Cc1cc2c3c(c1)[C@]1(NCCc4c1[nH]c1ccccc41)C(=O)N3C1(CCCCCC1)CC2(C)C. The minimum atomic E-state index is -0.817. The van der Waals surface area contributed by atoms with E-state index in [1.807, 2.05) is 0 Å². The van der Waals surface area contributed by atoms with E-state index < -0.39 is 5.54 Å². The summed E-state index contributed by atoms with van der Waals surface area (Å²) in [6.45, 7) is 7.82. The molecule has 3 aromatic rings. The summed E-state index contributed by atoms with van der Waals surface area (Å²) < 4.78 is 0. The number of carbonyl (C=O) groups excluding carboxylic acids is 1. The molecular weight excluding hydrogens is 418 g/mol. The first-order chi connectivity index (χ1) is 16.4. The molecule has 1 saturated carbocycles. The number of anilines is 1. The minimum Gasteiger partial charge on any atom is -0.356 e. The van der Waals surface area contributed by atoms with Crippen LogP contribution in [0.5, 0.6) is 0 Å². The summed E-state index contributed by atoms with van der Waals surface area (Å²) in [5.74, 6) is 0.249. The maximum atomic E-state index is 14.9. The van der Waals surface area contributed by atoms with Gasteiger partial charge in [0, 0.05) is 28.6 Å². The van der Waals surface area contributed by atoms with E-state index in [-0.39, 0.29) is 16.9 Å². The molecule has 1 fully saturated rings. The van der Waals surface area contributed by atoms with Gasteiger partial charge in [-0.05, 0) is 55.2 Å². The van der Waals surface area contributed by atoms with Gasteiger partial charge in [-0.25, -0.2) is 0 Å². The molecule has 4 heterocycles. The third-order valence-corrected chi connectivity index (χ3v) is 9.37. The van der Waals surface area contributed by atoms with Crippen LogP contribution in [0.25, 0.3) is 10.9 Å². The molecular formula is C30H35N3O. The molecule has 2 N–H and O–H groups in total. The molecule has 0 bridgehead atoms. The smallest absolute Gasteiger partial charge is 0.258 e. The largest absolute Gasteiger partial charge is 0.356 e. The molecule has 2 spiro atoms. The Balaban J connectivity index is 1.56. The molecule has 4 aliphatic rings. The average Bonchev–Trinajstić information content (AvgIpc) is 3.19. The van der Waals surface area contributed by atoms with Gasteiger partial charge < -0.3 is 9.88 Å². The first-order valence-corrected chi connectivity index (χ1v) is 13.2. The zero-order valence-electron chi connectivity index (χ0n) is 20.7. The zero-order chi connectivity index (χ0) is 23.3. The summed E-state index contributed by atoms with van der Waals surface area (Å²) in [6, 6.07) is 13.2. The lowest BCUT2D eigenvalue weighted by Gasteiger charge is -2.52. The Morgan fingerprint density at radius 3 is 2.50 bits per heavy atom. The quantitative estimate of drug-likeness (QED) is 0.439. The minimum absolute atomic E-state index is 0.0424. The number of nitrogens with one attached hydrogen (secondary N) is 2. The van der Waals surface area contributed by atoms with Crippen molar-refractivity contribution in [2.24, 2.45) is 0 Å². The molecule has 2 aromatic carbocycles. The van der Waals surface area contributed by atoms with Crippen LogP contribution in [0, 0.1) is 6.92 Å². The number of fused-ring (bicyclic) bond motifs is 6. The highest BCUT2D eigenvalue weighted by Crippen LogP contribution is 2.60. The lowest BCUT2D eigenvalue weighted by Crippen LogP contribution is -2.62. The lowest BCUT2D eigenvalue weighted by molar-refractivity contribution is -0.124. The van der Waals surface area contributed by atoms with E-state index in [1.54, 1.807) is 0 Å². The summed E-state index contributed by atoms with van der Waals surface area (Å²) in [4.78, 5) is 21.0. The maximum absolute atomic E-state index is 14.9. The van der Waals surface area contributed by atoms with Crippen LogP contribution in [0.3, 0.4) is 0 Å². The summed E-state index contributed by atoms with van der Waals surface area (Å²) >= 11 is 0. The summed E-state index contributed by atoms with van der Waals surface area (Å²) in [6.07, 6.45) is 9.23. The predicted octanol–water partition coefficient (Wildman–Crippen LogP) is 5.99. The van der Waals surface area contributed by atoms with Gasteiger partial charge in [0.1, 0.15) is 0 Å². The molecule has 3 aliphatic heterocycles. The standard InChI is InChI=1S/C30H35N3O/c1-19-16-22-25-23(17-19)30(26-21(12-15-31-30)20-10-6-7-11-24(20)32-26)27(34)33(25)29(18-28(22,2)3)13-8-4-5-9-14-29/h6-7,10-11,16-17,31-32H,4-5,8-9,12-15,18H2,1-3H3/t30-/m1/s1. The number of aromatic nitrogens is 1. The van der Waals surface area contributed by atoms with Crippen molar-refractivity contribution in [3.05, 3.63) is 64.3 Å². The Bertz CT molecular complexity index is 1340. The van der Waals surface area contributed by atoms with Gasteiger partial charge in [-0.15, -0.1) is 0 Å². The average molecular weight is 454 g/mol. The monoisotopic (exact) mass is 453 g/mol. The Hall–Kier alpha value is -2.59. The second-order valence-corrected chi connectivity index (χ2v) is 12.0. The number of hydrogen-bond acceptors (Lipinski definition) is 2. The van der Waals surface area contributed by atoms with Crippen LogP contribution in [0.15, 0.2) is 36.4 Å². The number of carbonyl (C=O) groups is 1. The van der Waals surface area contributed by atoms with Gasteiger partial charge in [0.25, 0.3) is 5.91 Å². The molecule has 4 nitrogen and oxygen atoms in total. The molecule has 1 amide bonds. The Kier molecular flexibility index (Phi) is 4.12. The van der Waals surface area contributed by atoms with Crippen LogP contribution in [0.4, 0.5) is 5.69 Å². The number of nitrogens with zero attached hydrogens (tertiary/aromatic N) is 1. The number of para-hydroxylation sites is 1. The molecule has 34 heavy (non-hydrogen) atoms. The van der Waals surface area contributed by atoms with Crippen LogP contribution in [0.1, 0.15) is 86.7 Å². The van der Waals surface area contributed by atoms with Gasteiger partial charge in [0.05, 0.1) is 11.4 Å². The fraction of sp³-hybridized carbons (Fsp3) is 0.500. The molecule has 1 aromatic heterocycles. The second-order valence-electron chi connectivity index (χ2n) is 12.0. The second kappa shape index (κ2) is 6.75. The van der Waals surface area contributed by atoms with Crippen molar-refractivity contribution in [2.45, 2.75) is 88.6 Å². The van der Waals surface area contributed by atoms with Crippen LogP contribution < -0.4 is 10.2 Å². The van der Waals surface area contributed by atoms with E-state index in [1.165, 1.54) is 59.0 Å². The molecule has 7 rings (SSSR count). The highest BCUT2D eigenvalue weighted by molar-refractivity contribution is 6.13. The fourth-order valence-electron chi connectivity index (χ4n) is 8.10. The highest BCUT2D eigenvalue weighted by atomic mass is 16.2. The highest BCUT2D eigenvalue weighted by Gasteiger charge is 2.63. The molecule has 176 valence electrons. The van der Waals surface area contributed by atoms with Crippen LogP contribution >= 0.6 is 0 Å². The summed E-state index contributed by atoms with van der Waals surface area (Å²) in [5.41, 5.74) is 7.66. The van der Waals surface area contributed by atoms with Crippen molar-refractivity contribution in [1.29, 1.82) is 0 Å². The van der Waals surface area contributed by atoms with Crippen LogP contribution in [0.2, 0.25) is 0 Å². The Morgan fingerprint density at radius 1 is 0.971 bits per heavy atom. The van der Waals surface area contributed by atoms with Crippen molar-refractivity contribution >= 4 is 22.5 Å². The molecule has 0 saturated heterocycles. The fourth-order valence-corrected chi connectivity index (χ4v) is 8.10. The number of aryl methyl sites for hydroxylation is 1. The van der Waals surface area contributed by atoms with Gasteiger partial charge in [-0.3, -0.25) is 10.1 Å². The van der Waals surface area contributed by atoms with Crippen molar-refractivity contribution < 1.29 is 4.79 Å². The van der Waals surface area contributed by atoms with Gasteiger partial charge in [-0.2, -0.15) is 0 Å². The van der Waals surface area contributed by atoms with E-state index in [2.05, 4.69) is 72.4 Å². The number of rotatable bonds is 0. The first kappa shape index (κ1) is 20.8. The van der Waals surface area contributed by atoms with E-state index in [0.717, 1.165) is 43.4 Å². The number of H-pyrrole nitrogens is 1. The van der Waals surface area contributed by atoms with Crippen molar-refractivity contribution in [3.8, 4) is 0 Å².